The van der Waals surface area contributed by atoms with E-state index in [0.29, 0.717) is 30.3 Å². The highest BCUT2D eigenvalue weighted by Gasteiger charge is 2.17. The van der Waals surface area contributed by atoms with Crippen LogP contribution in [0.15, 0.2) is 60.0 Å². The number of carbonyl (C=O) groups is 1. The van der Waals surface area contributed by atoms with E-state index in [2.05, 4.69) is 11.9 Å². The van der Waals surface area contributed by atoms with E-state index in [4.69, 9.17) is 16.3 Å². The summed E-state index contributed by atoms with van der Waals surface area (Å²) in [6, 6.07) is 16.7. The number of aromatic nitrogens is 1. The fourth-order valence-corrected chi connectivity index (χ4v) is 3.46. The molecule has 0 aliphatic carbocycles. The van der Waals surface area contributed by atoms with Gasteiger partial charge in [-0.1, -0.05) is 36.7 Å². The van der Waals surface area contributed by atoms with Crippen LogP contribution in [-0.4, -0.2) is 22.3 Å². The molecule has 140 valence electrons. The average molecular weight is 401 g/mol. The molecule has 0 N–H and O–H groups in total. The molecule has 0 bridgehead atoms. The Kier molecular flexibility index (Phi) is 6.85. The largest absolute Gasteiger partial charge is 0.486 e. The minimum absolute atomic E-state index is 0.0106. The minimum Gasteiger partial charge on any atom is -0.486 e. The van der Waals surface area contributed by atoms with Crippen LogP contribution in [0.1, 0.15) is 34.4 Å². The van der Waals surface area contributed by atoms with E-state index in [9.17, 15) is 4.79 Å². The van der Waals surface area contributed by atoms with Gasteiger partial charge in [-0.2, -0.15) is 0 Å². The number of hydrogen-bond acceptors (Lipinski definition) is 4. The fourth-order valence-electron chi connectivity index (χ4n) is 2.64. The molecule has 1 amide bonds. The predicted octanol–water partition coefficient (Wildman–Crippen LogP) is 5.43. The van der Waals surface area contributed by atoms with Crippen molar-refractivity contribution in [2.45, 2.75) is 26.5 Å². The van der Waals surface area contributed by atoms with E-state index in [1.807, 2.05) is 40.6 Å². The zero-order valence-corrected chi connectivity index (χ0v) is 16.7. The Labute approximate surface area is 168 Å². The molecule has 4 nitrogen and oxygen atoms in total. The second-order valence-corrected chi connectivity index (χ2v) is 7.45. The number of nitrogens with zero attached hydrogens (tertiary/aromatic N) is 2. The van der Waals surface area contributed by atoms with Crippen molar-refractivity contribution >= 4 is 28.8 Å². The maximum Gasteiger partial charge on any atom is 0.254 e. The van der Waals surface area contributed by atoms with Crippen LogP contribution in [0.2, 0.25) is 5.02 Å². The number of rotatable bonds is 8. The van der Waals surface area contributed by atoms with Gasteiger partial charge in [0.25, 0.3) is 5.91 Å². The van der Waals surface area contributed by atoms with Crippen LogP contribution in [-0.2, 0) is 13.2 Å². The Bertz CT molecular complexity index is 865. The highest BCUT2D eigenvalue weighted by Crippen LogP contribution is 2.18. The van der Waals surface area contributed by atoms with E-state index in [1.54, 1.807) is 35.6 Å². The monoisotopic (exact) mass is 400 g/mol. The molecule has 1 aromatic heterocycles. The third-order valence-electron chi connectivity index (χ3n) is 3.93. The molecule has 6 heteroatoms. The van der Waals surface area contributed by atoms with Gasteiger partial charge in [-0.3, -0.25) is 4.79 Å². The van der Waals surface area contributed by atoms with Crippen LogP contribution in [0.4, 0.5) is 0 Å². The molecule has 3 rings (SSSR count). The van der Waals surface area contributed by atoms with Gasteiger partial charge in [0.2, 0.25) is 0 Å². The molecular formula is C21H21ClN2O2S. The average Bonchev–Trinajstić information content (AvgIpc) is 3.14. The molecule has 1 heterocycles. The molecule has 0 saturated heterocycles. The number of amides is 1. The molecule has 3 aromatic rings. The van der Waals surface area contributed by atoms with Gasteiger partial charge in [0, 0.05) is 22.5 Å². The zero-order chi connectivity index (χ0) is 19.1. The van der Waals surface area contributed by atoms with Crippen molar-refractivity contribution in [3.05, 3.63) is 81.3 Å². The molecule has 0 aliphatic rings. The SMILES string of the molecule is CCCN(Cc1csc(COc2ccccc2)n1)C(=O)c1ccc(Cl)cc1. The first kappa shape index (κ1) is 19.4. The first-order valence-electron chi connectivity index (χ1n) is 8.81. The Morgan fingerprint density at radius 1 is 1.15 bits per heavy atom. The fraction of sp³-hybridized carbons (Fsp3) is 0.238. The van der Waals surface area contributed by atoms with Crippen molar-refractivity contribution in [2.24, 2.45) is 0 Å². The van der Waals surface area contributed by atoms with Crippen LogP contribution in [0, 0.1) is 0 Å². The normalized spacial score (nSPS) is 10.6. The lowest BCUT2D eigenvalue weighted by Crippen LogP contribution is -2.31. The maximum absolute atomic E-state index is 12.8. The van der Waals surface area contributed by atoms with Crippen LogP contribution in [0.3, 0.4) is 0 Å². The molecule has 0 saturated carbocycles. The Balaban J connectivity index is 1.63. The van der Waals surface area contributed by atoms with Crippen molar-refractivity contribution in [2.75, 3.05) is 6.54 Å². The summed E-state index contributed by atoms with van der Waals surface area (Å²) in [7, 11) is 0. The van der Waals surface area contributed by atoms with E-state index < -0.39 is 0 Å². The third kappa shape index (κ3) is 5.55. The summed E-state index contributed by atoms with van der Waals surface area (Å²) in [5.41, 5.74) is 1.51. The molecular weight excluding hydrogens is 380 g/mol. The van der Waals surface area contributed by atoms with Crippen molar-refractivity contribution < 1.29 is 9.53 Å². The minimum atomic E-state index is -0.0106. The second kappa shape index (κ2) is 9.53. The highest BCUT2D eigenvalue weighted by molar-refractivity contribution is 7.09. The number of carbonyl (C=O) groups excluding carboxylic acids is 1. The van der Waals surface area contributed by atoms with Crippen molar-refractivity contribution in [1.29, 1.82) is 0 Å². The number of para-hydroxylation sites is 1. The number of ether oxygens (including phenoxy) is 1. The molecule has 0 spiro atoms. The lowest BCUT2D eigenvalue weighted by Gasteiger charge is -2.21. The van der Waals surface area contributed by atoms with Crippen molar-refractivity contribution in [1.82, 2.24) is 9.88 Å². The van der Waals surface area contributed by atoms with E-state index in [1.165, 1.54) is 0 Å². The first-order valence-corrected chi connectivity index (χ1v) is 10.1. The van der Waals surface area contributed by atoms with Crippen molar-refractivity contribution in [3.8, 4) is 5.75 Å². The van der Waals surface area contributed by atoms with Gasteiger partial charge in [-0.25, -0.2) is 4.98 Å². The second-order valence-electron chi connectivity index (χ2n) is 6.07. The predicted molar refractivity (Wildman–Crippen MR) is 109 cm³/mol. The van der Waals surface area contributed by atoms with Crippen LogP contribution in [0.5, 0.6) is 5.75 Å². The van der Waals surface area contributed by atoms with Crippen molar-refractivity contribution in [3.63, 3.8) is 0 Å². The standard InChI is InChI=1S/C21H21ClN2O2S/c1-2-12-24(21(25)16-8-10-17(22)11-9-16)13-18-15-27-20(23-18)14-26-19-6-4-3-5-7-19/h3-11,15H,2,12-14H2,1H3. The molecule has 0 radical (unpaired) electrons. The van der Waals surface area contributed by atoms with Gasteiger partial charge in [-0.05, 0) is 42.8 Å². The highest BCUT2D eigenvalue weighted by atomic mass is 35.5. The van der Waals surface area contributed by atoms with Gasteiger partial charge < -0.3 is 9.64 Å². The number of halogens is 1. The molecule has 27 heavy (non-hydrogen) atoms. The smallest absolute Gasteiger partial charge is 0.254 e. The number of hydrogen-bond donors (Lipinski definition) is 0. The quantitative estimate of drug-likeness (QED) is 0.506. The maximum atomic E-state index is 12.8. The summed E-state index contributed by atoms with van der Waals surface area (Å²) in [6.45, 7) is 3.64. The molecule has 0 aliphatic heterocycles. The van der Waals surface area contributed by atoms with Gasteiger partial charge >= 0.3 is 0 Å². The van der Waals surface area contributed by atoms with E-state index in [0.717, 1.165) is 22.9 Å². The summed E-state index contributed by atoms with van der Waals surface area (Å²) >= 11 is 7.47. The topological polar surface area (TPSA) is 42.4 Å². The van der Waals surface area contributed by atoms with Gasteiger partial charge in [0.1, 0.15) is 17.4 Å². The third-order valence-corrected chi connectivity index (χ3v) is 5.05. The molecule has 0 fully saturated rings. The summed E-state index contributed by atoms with van der Waals surface area (Å²) in [4.78, 5) is 19.2. The van der Waals surface area contributed by atoms with E-state index >= 15 is 0 Å². The van der Waals surface area contributed by atoms with Crippen LogP contribution >= 0.6 is 22.9 Å². The van der Waals surface area contributed by atoms with Gasteiger partial charge in [0.05, 0.1) is 12.2 Å². The lowest BCUT2D eigenvalue weighted by molar-refractivity contribution is 0.0741. The number of benzene rings is 2. The van der Waals surface area contributed by atoms with E-state index in [-0.39, 0.29) is 5.91 Å². The summed E-state index contributed by atoms with van der Waals surface area (Å²) in [6.07, 6.45) is 0.882. The van der Waals surface area contributed by atoms with Crippen LogP contribution in [0.25, 0.3) is 0 Å². The number of thiazole rings is 1. The summed E-state index contributed by atoms with van der Waals surface area (Å²) < 4.78 is 5.74. The van der Waals surface area contributed by atoms with Gasteiger partial charge in [0.15, 0.2) is 0 Å². The Hall–Kier alpha value is -2.37. The molecule has 2 aromatic carbocycles. The Morgan fingerprint density at radius 2 is 1.89 bits per heavy atom. The molecule has 0 unspecified atom stereocenters. The Morgan fingerprint density at radius 3 is 2.59 bits per heavy atom. The lowest BCUT2D eigenvalue weighted by atomic mass is 10.2. The van der Waals surface area contributed by atoms with Gasteiger partial charge in [-0.15, -0.1) is 11.3 Å². The summed E-state index contributed by atoms with van der Waals surface area (Å²) in [5, 5.41) is 3.50. The molecule has 0 atom stereocenters. The zero-order valence-electron chi connectivity index (χ0n) is 15.1. The summed E-state index contributed by atoms with van der Waals surface area (Å²) in [5.74, 6) is 0.809. The van der Waals surface area contributed by atoms with Crippen LogP contribution < -0.4 is 4.74 Å². The first-order chi connectivity index (χ1) is 13.2.